The van der Waals surface area contributed by atoms with Crippen LogP contribution < -0.4 is 44.2 Å². The Hall–Kier alpha value is -3.91. The molecule has 0 aliphatic rings. The van der Waals surface area contributed by atoms with Gasteiger partial charge in [0.15, 0.2) is 5.96 Å². The summed E-state index contributed by atoms with van der Waals surface area (Å²) in [6, 6.07) is 4.74. The first-order valence-electron chi connectivity index (χ1n) is 15.0. The number of nitrogens with two attached hydrogens (primary N) is 4. The van der Waals surface area contributed by atoms with Gasteiger partial charge in [0.1, 0.15) is 11.8 Å². The lowest BCUT2D eigenvalue weighted by Gasteiger charge is -2.17. The molecule has 1 aromatic carbocycles. The molecule has 0 spiro atoms. The number of benzene rings is 1. The molecule has 242 valence electrons. The van der Waals surface area contributed by atoms with Gasteiger partial charge in [0.25, 0.3) is 0 Å². The van der Waals surface area contributed by atoms with Crippen molar-refractivity contribution in [2.24, 2.45) is 27.9 Å². The minimum absolute atomic E-state index is 0.00980. The van der Waals surface area contributed by atoms with Crippen molar-refractivity contribution in [2.75, 3.05) is 32.7 Å². The van der Waals surface area contributed by atoms with Crippen LogP contribution in [-0.4, -0.2) is 79.5 Å². The number of carbonyl (C=O) groups excluding carboxylic acids is 4. The maximum absolute atomic E-state index is 12.5. The minimum atomic E-state index is -1.07. The Morgan fingerprint density at radius 1 is 0.791 bits per heavy atom. The number of unbranched alkanes of at least 4 members (excludes halogenated alkanes) is 6. The van der Waals surface area contributed by atoms with Gasteiger partial charge in [-0.15, -0.1) is 0 Å². The molecule has 0 bridgehead atoms. The fourth-order valence-corrected chi connectivity index (χ4v) is 4.21. The number of rotatable bonds is 24. The summed E-state index contributed by atoms with van der Waals surface area (Å²) in [7, 11) is 0. The molecule has 2 atom stereocenters. The van der Waals surface area contributed by atoms with Crippen LogP contribution >= 0.6 is 0 Å². The highest BCUT2D eigenvalue weighted by Crippen LogP contribution is 2.16. The van der Waals surface area contributed by atoms with Crippen LogP contribution in [0, 0.1) is 0 Å². The second kappa shape index (κ2) is 22.7. The zero-order valence-corrected chi connectivity index (χ0v) is 25.1. The molecule has 4 amide bonds. The average Bonchev–Trinajstić information content (AvgIpc) is 2.95. The first-order chi connectivity index (χ1) is 20.6. The third-order valence-electron chi connectivity index (χ3n) is 6.63. The van der Waals surface area contributed by atoms with Crippen molar-refractivity contribution in [2.45, 2.75) is 82.7 Å². The van der Waals surface area contributed by atoms with Crippen LogP contribution in [0.2, 0.25) is 0 Å². The molecule has 0 aromatic heterocycles. The number of para-hydroxylation sites is 1. The van der Waals surface area contributed by atoms with Crippen molar-refractivity contribution in [3.05, 3.63) is 29.8 Å². The molecule has 1 rings (SSSR count). The quantitative estimate of drug-likeness (QED) is 0.0407. The number of hydrogen-bond acceptors (Lipinski definition) is 8. The molecule has 13 N–H and O–H groups in total. The molecular formula is C29H51N9O5. The number of guanidine groups is 1. The van der Waals surface area contributed by atoms with Crippen LogP contribution in [0.25, 0.3) is 0 Å². The van der Waals surface area contributed by atoms with E-state index in [9.17, 15) is 24.3 Å². The van der Waals surface area contributed by atoms with E-state index in [4.69, 9.17) is 22.9 Å². The molecule has 14 nitrogen and oxygen atoms in total. The molecule has 43 heavy (non-hydrogen) atoms. The summed E-state index contributed by atoms with van der Waals surface area (Å²) < 4.78 is 0. The monoisotopic (exact) mass is 605 g/mol. The number of primary amides is 1. The molecule has 0 saturated heterocycles. The highest BCUT2D eigenvalue weighted by molar-refractivity contribution is 5.92. The van der Waals surface area contributed by atoms with Crippen LogP contribution in [0.4, 0.5) is 0 Å². The summed E-state index contributed by atoms with van der Waals surface area (Å²) in [4.78, 5) is 52.0. The molecule has 1 aromatic rings. The Balaban J connectivity index is 2.04. The van der Waals surface area contributed by atoms with Crippen molar-refractivity contribution in [3.63, 3.8) is 0 Å². The van der Waals surface area contributed by atoms with E-state index in [1.54, 1.807) is 18.2 Å². The van der Waals surface area contributed by atoms with E-state index in [0.717, 1.165) is 64.5 Å². The number of nitrogens with one attached hydrogen (secondary N) is 4. The van der Waals surface area contributed by atoms with Gasteiger partial charge < -0.3 is 49.3 Å². The van der Waals surface area contributed by atoms with Gasteiger partial charge in [0.05, 0.1) is 18.9 Å². The molecule has 0 radical (unpaired) electrons. The van der Waals surface area contributed by atoms with E-state index >= 15 is 0 Å². The van der Waals surface area contributed by atoms with Crippen LogP contribution in [0.1, 0.15) is 69.8 Å². The van der Waals surface area contributed by atoms with Crippen molar-refractivity contribution in [1.82, 2.24) is 21.3 Å². The maximum atomic E-state index is 12.5. The number of carbonyl (C=O) groups is 4. The molecule has 0 aliphatic carbocycles. The van der Waals surface area contributed by atoms with Gasteiger partial charge in [0.2, 0.25) is 23.6 Å². The lowest BCUT2D eigenvalue weighted by atomic mass is 10.1. The van der Waals surface area contributed by atoms with Crippen molar-refractivity contribution >= 4 is 29.6 Å². The Bertz CT molecular complexity index is 1020. The number of hydrogen-bond donors (Lipinski definition) is 9. The number of nitrogens with zero attached hydrogens (tertiary/aromatic N) is 1. The topological polar surface area (TPSA) is 253 Å². The fourth-order valence-electron chi connectivity index (χ4n) is 4.21. The number of aromatic hydroxyl groups is 1. The van der Waals surface area contributed by atoms with Gasteiger partial charge in [0, 0.05) is 25.2 Å². The maximum Gasteiger partial charge on any atom is 0.243 e. The summed E-state index contributed by atoms with van der Waals surface area (Å²) in [5.41, 5.74) is 22.0. The molecule has 0 fully saturated rings. The molecule has 0 heterocycles. The Morgan fingerprint density at radius 3 is 1.98 bits per heavy atom. The lowest BCUT2D eigenvalue weighted by Crippen LogP contribution is -2.49. The van der Waals surface area contributed by atoms with E-state index in [-0.39, 0.29) is 30.5 Å². The van der Waals surface area contributed by atoms with Crippen molar-refractivity contribution < 1.29 is 24.3 Å². The first-order valence-corrected chi connectivity index (χ1v) is 15.0. The predicted molar refractivity (Wildman–Crippen MR) is 167 cm³/mol. The zero-order chi connectivity index (χ0) is 31.9. The Morgan fingerprint density at radius 2 is 1.35 bits per heavy atom. The second-order valence-electron chi connectivity index (χ2n) is 10.5. The highest BCUT2D eigenvalue weighted by Gasteiger charge is 2.23. The predicted octanol–water partition coefficient (Wildman–Crippen LogP) is -0.771. The van der Waals surface area contributed by atoms with Gasteiger partial charge in [-0.25, -0.2) is 0 Å². The number of phenolic OH excluding ortho intramolecular Hbond substituents is 1. The number of aliphatic imine (C=N–C) groups is 1. The van der Waals surface area contributed by atoms with Gasteiger partial charge in [-0.05, 0) is 51.3 Å². The van der Waals surface area contributed by atoms with Crippen LogP contribution in [0.5, 0.6) is 5.75 Å². The van der Waals surface area contributed by atoms with E-state index in [1.165, 1.54) is 6.07 Å². The summed E-state index contributed by atoms with van der Waals surface area (Å²) in [5.74, 6) is -1.87. The normalized spacial score (nSPS) is 12.1. The first kappa shape index (κ1) is 37.1. The average molecular weight is 606 g/mol. The second-order valence-corrected chi connectivity index (χ2v) is 10.5. The van der Waals surface area contributed by atoms with E-state index in [0.29, 0.717) is 31.6 Å². The SMILES string of the molecule is NC(=O)C[C@H](NC(=O)Cc1ccccc1O)C(=O)NCCCCNCCCCCCCCNC(=O)[C@H](N)CCN=C(N)N. The lowest BCUT2D eigenvalue weighted by molar-refractivity contribution is -0.131. The molecule has 0 aliphatic heterocycles. The Kier molecular flexibility index (Phi) is 19.6. The fraction of sp³-hybridized carbons (Fsp3) is 0.621. The van der Waals surface area contributed by atoms with E-state index in [1.807, 2.05) is 0 Å². The number of amides is 4. The van der Waals surface area contributed by atoms with Gasteiger partial charge >= 0.3 is 0 Å². The Labute approximate surface area is 254 Å². The number of phenols is 1. The van der Waals surface area contributed by atoms with Crippen LogP contribution in [0.3, 0.4) is 0 Å². The molecule has 14 heteroatoms. The molecular weight excluding hydrogens is 554 g/mol. The van der Waals surface area contributed by atoms with Crippen molar-refractivity contribution in [3.8, 4) is 5.75 Å². The van der Waals surface area contributed by atoms with Gasteiger partial charge in [-0.1, -0.05) is 43.9 Å². The van der Waals surface area contributed by atoms with Gasteiger partial charge in [-0.3, -0.25) is 24.2 Å². The van der Waals surface area contributed by atoms with E-state index in [2.05, 4.69) is 26.3 Å². The summed E-state index contributed by atoms with van der Waals surface area (Å²) >= 11 is 0. The van der Waals surface area contributed by atoms with Crippen LogP contribution in [0.15, 0.2) is 29.3 Å². The molecule has 0 unspecified atom stereocenters. The standard InChI is InChI=1S/C29H51N9O5/c30-22(13-18-37-29(32)33)27(42)35-16-8-4-2-1-3-7-14-34-15-9-10-17-36-28(43)23(20-25(31)40)38-26(41)19-21-11-5-6-12-24(21)39/h5-6,11-12,22-23,34,39H,1-4,7-10,13-20,30H2,(H2,31,40)(H,35,42)(H,36,43)(H,38,41)(H4,32,33,37)/t22-,23+/m1/s1. The summed E-state index contributed by atoms with van der Waals surface area (Å²) in [5, 5.41) is 21.4. The third-order valence-corrected chi connectivity index (χ3v) is 6.63. The minimum Gasteiger partial charge on any atom is -0.508 e. The van der Waals surface area contributed by atoms with Crippen molar-refractivity contribution in [1.29, 1.82) is 0 Å². The van der Waals surface area contributed by atoms with E-state index < -0.39 is 29.8 Å². The summed E-state index contributed by atoms with van der Waals surface area (Å²) in [6.45, 7) is 3.10. The van der Waals surface area contributed by atoms with Crippen LogP contribution in [-0.2, 0) is 25.6 Å². The van der Waals surface area contributed by atoms with Gasteiger partial charge in [-0.2, -0.15) is 0 Å². The molecule has 0 saturated carbocycles. The smallest absolute Gasteiger partial charge is 0.243 e. The largest absolute Gasteiger partial charge is 0.508 e. The zero-order valence-electron chi connectivity index (χ0n) is 25.1. The third kappa shape index (κ3) is 19.0. The summed E-state index contributed by atoms with van der Waals surface area (Å²) in [6.07, 6.45) is 7.97. The highest BCUT2D eigenvalue weighted by atomic mass is 16.3.